The van der Waals surface area contributed by atoms with Crippen LogP contribution in [-0.4, -0.2) is 55.7 Å². The summed E-state index contributed by atoms with van der Waals surface area (Å²) >= 11 is 0. The number of hydrogen-bond acceptors (Lipinski definition) is 4. The Kier molecular flexibility index (Phi) is 4.42. The molecule has 2 aliphatic heterocycles. The van der Waals surface area contributed by atoms with E-state index in [1.165, 1.54) is 4.90 Å². The van der Waals surface area contributed by atoms with Gasteiger partial charge in [-0.2, -0.15) is 0 Å². The zero-order valence-corrected chi connectivity index (χ0v) is 16.9. The van der Waals surface area contributed by atoms with Gasteiger partial charge < -0.3 is 4.43 Å². The third kappa shape index (κ3) is 3.07. The Morgan fingerprint density at radius 3 is 2.08 bits per heavy atom. The van der Waals surface area contributed by atoms with Crippen LogP contribution in [0.2, 0.25) is 18.1 Å². The highest BCUT2D eigenvalue weighted by molar-refractivity contribution is 6.74. The predicted molar refractivity (Wildman–Crippen MR) is 99.5 cm³/mol. The van der Waals surface area contributed by atoms with E-state index in [1.54, 1.807) is 0 Å². The molecule has 2 heterocycles. The molecule has 2 amide bonds. The quantitative estimate of drug-likeness (QED) is 0.460. The maximum Gasteiger partial charge on any atom is 0.249 e. The number of likely N-dealkylation sites (N-methyl/N-ethyl adjacent to an activating group) is 1. The number of benzene rings is 1. The van der Waals surface area contributed by atoms with Crippen molar-refractivity contribution < 1.29 is 14.0 Å². The summed E-state index contributed by atoms with van der Waals surface area (Å²) in [6.45, 7) is 11.3. The van der Waals surface area contributed by atoms with Crippen molar-refractivity contribution in [1.82, 2.24) is 9.80 Å². The molecule has 2 aliphatic rings. The first kappa shape index (κ1) is 18.3. The van der Waals surface area contributed by atoms with Gasteiger partial charge in [0.2, 0.25) is 11.8 Å². The van der Waals surface area contributed by atoms with Gasteiger partial charge in [0, 0.05) is 0 Å². The molecule has 2 saturated heterocycles. The first-order valence-electron chi connectivity index (χ1n) is 8.84. The summed E-state index contributed by atoms with van der Waals surface area (Å²) in [7, 11) is -0.149. The largest absolute Gasteiger partial charge is 0.414 e. The highest BCUT2D eigenvalue weighted by Gasteiger charge is 2.65. The third-order valence-corrected chi connectivity index (χ3v) is 10.5. The molecule has 136 valence electrons. The fourth-order valence-electron chi connectivity index (χ4n) is 3.16. The van der Waals surface area contributed by atoms with Gasteiger partial charge in [0.15, 0.2) is 8.32 Å². The molecule has 0 aliphatic carbocycles. The summed E-state index contributed by atoms with van der Waals surface area (Å²) in [5.74, 6) is -0.185. The van der Waals surface area contributed by atoms with Gasteiger partial charge in [-0.25, -0.2) is 0 Å². The summed E-state index contributed by atoms with van der Waals surface area (Å²) in [6, 6.07) is 8.85. The Balaban J connectivity index is 1.85. The van der Waals surface area contributed by atoms with E-state index in [9.17, 15) is 9.59 Å². The number of likely N-dealkylation sites (tertiary alicyclic amines) is 1. The number of imide groups is 1. The lowest BCUT2D eigenvalue weighted by atomic mass is 10.1. The van der Waals surface area contributed by atoms with Crippen LogP contribution >= 0.6 is 0 Å². The SMILES string of the molecule is CN1[C@@H]2C(=O)N([C@H](CO[Si](C)(C)C(C)(C)C)c3ccccc3)C(=O)[C@@H]21. The lowest BCUT2D eigenvalue weighted by Gasteiger charge is -2.38. The van der Waals surface area contributed by atoms with Gasteiger partial charge in [-0.15, -0.1) is 0 Å². The number of nitrogens with zero attached hydrogens (tertiary/aromatic N) is 2. The van der Waals surface area contributed by atoms with Crippen molar-refractivity contribution in [2.45, 2.75) is 57.0 Å². The predicted octanol–water partition coefficient (Wildman–Crippen LogP) is 2.80. The molecule has 1 unspecified atom stereocenters. The van der Waals surface area contributed by atoms with E-state index in [0.717, 1.165) is 5.56 Å². The van der Waals surface area contributed by atoms with Crippen LogP contribution in [0.5, 0.6) is 0 Å². The molecule has 0 radical (unpaired) electrons. The maximum absolute atomic E-state index is 12.7. The Morgan fingerprint density at radius 1 is 1.08 bits per heavy atom. The molecule has 3 rings (SSSR count). The van der Waals surface area contributed by atoms with Crippen molar-refractivity contribution in [3.8, 4) is 0 Å². The molecule has 1 aromatic carbocycles. The number of hydrogen-bond donors (Lipinski definition) is 0. The number of fused-ring (bicyclic) bond motifs is 1. The molecular formula is C19H28N2O3Si. The lowest BCUT2D eigenvalue weighted by molar-refractivity contribution is -0.146. The first-order chi connectivity index (χ1) is 11.6. The van der Waals surface area contributed by atoms with Crippen molar-refractivity contribution in [2.75, 3.05) is 13.7 Å². The molecule has 0 spiro atoms. The summed E-state index contributed by atoms with van der Waals surface area (Å²) in [6.07, 6.45) is 0. The van der Waals surface area contributed by atoms with Gasteiger partial charge in [0.25, 0.3) is 0 Å². The van der Waals surface area contributed by atoms with Crippen molar-refractivity contribution >= 4 is 20.1 Å². The Morgan fingerprint density at radius 2 is 1.60 bits per heavy atom. The minimum Gasteiger partial charge on any atom is -0.414 e. The molecule has 0 N–H and O–H groups in total. The minimum absolute atomic E-state index is 0.0790. The van der Waals surface area contributed by atoms with Crippen molar-refractivity contribution in [3.63, 3.8) is 0 Å². The molecule has 0 bridgehead atoms. The molecule has 5 nitrogen and oxygen atoms in total. The van der Waals surface area contributed by atoms with E-state index < -0.39 is 8.32 Å². The topological polar surface area (TPSA) is 49.6 Å². The smallest absolute Gasteiger partial charge is 0.249 e. The van der Waals surface area contributed by atoms with Crippen LogP contribution < -0.4 is 0 Å². The Hall–Kier alpha value is -1.50. The van der Waals surface area contributed by atoms with Crippen molar-refractivity contribution in [1.29, 1.82) is 0 Å². The standard InChI is InChI=1S/C19H28N2O3Si/c1-19(2,3)25(5,6)24-12-14(13-10-8-7-9-11-13)21-17(22)15-16(18(21)23)20(15)4/h7-11,14-16H,12H2,1-6H3/t14-,15-,16+,20?/m1/s1. The summed E-state index contributed by atoms with van der Waals surface area (Å²) in [4.78, 5) is 28.7. The number of piperazine rings is 1. The highest BCUT2D eigenvalue weighted by Crippen LogP contribution is 2.42. The third-order valence-electron chi connectivity index (χ3n) is 5.97. The summed E-state index contributed by atoms with van der Waals surface area (Å²) in [5.41, 5.74) is 0.951. The second kappa shape index (κ2) is 6.04. The van der Waals surface area contributed by atoms with E-state index in [4.69, 9.17) is 4.43 Å². The van der Waals surface area contributed by atoms with Crippen LogP contribution in [0.25, 0.3) is 0 Å². The zero-order chi connectivity index (χ0) is 18.6. The van der Waals surface area contributed by atoms with E-state index in [-0.39, 0.29) is 35.0 Å². The molecule has 1 aromatic rings. The Bertz CT molecular complexity index is 662. The van der Waals surface area contributed by atoms with Crippen LogP contribution in [0.15, 0.2) is 30.3 Å². The number of carbonyl (C=O) groups is 2. The highest BCUT2D eigenvalue weighted by atomic mass is 28.4. The molecule has 25 heavy (non-hydrogen) atoms. The van der Waals surface area contributed by atoms with E-state index in [2.05, 4.69) is 33.9 Å². The fourth-order valence-corrected chi connectivity index (χ4v) is 4.16. The second-order valence-electron chi connectivity index (χ2n) is 8.60. The molecule has 0 saturated carbocycles. The van der Waals surface area contributed by atoms with Crippen LogP contribution in [0, 0.1) is 0 Å². The molecule has 2 fully saturated rings. The minimum atomic E-state index is -1.97. The van der Waals surface area contributed by atoms with Crippen LogP contribution in [0.4, 0.5) is 0 Å². The van der Waals surface area contributed by atoms with Gasteiger partial charge in [0.05, 0.1) is 12.6 Å². The van der Waals surface area contributed by atoms with Gasteiger partial charge in [-0.1, -0.05) is 51.1 Å². The molecular weight excluding hydrogens is 332 g/mol. The Labute approximate surface area is 151 Å². The second-order valence-corrected chi connectivity index (χ2v) is 13.4. The molecule has 0 aromatic heterocycles. The molecule has 6 heteroatoms. The van der Waals surface area contributed by atoms with Crippen LogP contribution in [-0.2, 0) is 14.0 Å². The van der Waals surface area contributed by atoms with Gasteiger partial charge in [0.1, 0.15) is 12.1 Å². The van der Waals surface area contributed by atoms with Crippen molar-refractivity contribution in [3.05, 3.63) is 35.9 Å². The zero-order valence-electron chi connectivity index (χ0n) is 15.9. The van der Waals surface area contributed by atoms with E-state index in [1.807, 2.05) is 42.3 Å². The monoisotopic (exact) mass is 360 g/mol. The van der Waals surface area contributed by atoms with Gasteiger partial charge in [-0.05, 0) is 30.7 Å². The average Bonchev–Trinajstić information content (AvgIpc) is 3.13. The summed E-state index contributed by atoms with van der Waals surface area (Å²) in [5, 5.41) is 0.0790. The van der Waals surface area contributed by atoms with E-state index in [0.29, 0.717) is 6.61 Å². The average molecular weight is 361 g/mol. The number of carbonyl (C=O) groups excluding carboxylic acids is 2. The first-order valence-corrected chi connectivity index (χ1v) is 11.7. The maximum atomic E-state index is 12.7. The number of rotatable bonds is 5. The normalized spacial score (nSPS) is 27.4. The lowest BCUT2D eigenvalue weighted by Crippen LogP contribution is -2.46. The summed E-state index contributed by atoms with van der Waals surface area (Å²) < 4.78 is 6.38. The van der Waals surface area contributed by atoms with Crippen LogP contribution in [0.3, 0.4) is 0 Å². The van der Waals surface area contributed by atoms with Crippen LogP contribution in [0.1, 0.15) is 32.4 Å². The van der Waals surface area contributed by atoms with Gasteiger partial charge >= 0.3 is 0 Å². The number of amides is 2. The van der Waals surface area contributed by atoms with E-state index >= 15 is 0 Å². The molecule has 4 atom stereocenters. The van der Waals surface area contributed by atoms with Crippen molar-refractivity contribution in [2.24, 2.45) is 0 Å². The fraction of sp³-hybridized carbons (Fsp3) is 0.579. The van der Waals surface area contributed by atoms with Gasteiger partial charge in [-0.3, -0.25) is 19.4 Å².